The van der Waals surface area contributed by atoms with Gasteiger partial charge in [-0.2, -0.15) is 0 Å². The fourth-order valence-corrected chi connectivity index (χ4v) is 4.78. The third-order valence-corrected chi connectivity index (χ3v) is 7.30. The van der Waals surface area contributed by atoms with Crippen molar-refractivity contribution >= 4 is 34.7 Å². The number of hydrogen-bond donors (Lipinski definition) is 5. The average molecular weight is 622 g/mol. The number of anilines is 1. The first-order valence-electron chi connectivity index (χ1n) is 15.4. The SMILES string of the molecule is COc1cc(NC(C)CCCNC(=O)C(CCCCNC(=O)O)NC(=O)OCc2ccccc2)c2nc(C(C)(C)C)ccc2c1. The van der Waals surface area contributed by atoms with Crippen molar-refractivity contribution in [3.63, 3.8) is 0 Å². The third kappa shape index (κ3) is 11.8. The molecule has 0 fully saturated rings. The van der Waals surface area contributed by atoms with Gasteiger partial charge in [0.1, 0.15) is 18.4 Å². The summed E-state index contributed by atoms with van der Waals surface area (Å²) in [6.45, 7) is 9.27. The number of ether oxygens (including phenoxy) is 2. The molecule has 5 N–H and O–H groups in total. The van der Waals surface area contributed by atoms with Crippen molar-refractivity contribution in [3.05, 3.63) is 65.9 Å². The number of fused-ring (bicyclic) bond motifs is 1. The van der Waals surface area contributed by atoms with Crippen LogP contribution < -0.4 is 26.0 Å². The Morgan fingerprint density at radius 2 is 1.67 bits per heavy atom. The molecule has 0 radical (unpaired) electrons. The lowest BCUT2D eigenvalue weighted by molar-refractivity contribution is -0.123. The monoisotopic (exact) mass is 621 g/mol. The standard InChI is InChI=1S/C34H47N5O6/c1-23(37-28-21-26(44-5)20-25-16-17-29(34(2,3)4)39-30(25)28)12-11-19-35-31(40)27(15-9-10-18-36-32(41)42)38-33(43)45-22-24-13-7-6-8-14-24/h6-8,13-14,16-17,20-21,23,27,36-37H,9-12,15,18-19,22H2,1-5H3,(H,35,40)(H,38,43)(H,41,42). The second-order valence-corrected chi connectivity index (χ2v) is 12.2. The predicted octanol–water partition coefficient (Wildman–Crippen LogP) is 5.97. The van der Waals surface area contributed by atoms with E-state index in [0.29, 0.717) is 32.2 Å². The van der Waals surface area contributed by atoms with Crippen molar-refractivity contribution < 1.29 is 29.0 Å². The van der Waals surface area contributed by atoms with Crippen molar-refractivity contribution in [2.45, 2.75) is 83.9 Å². The van der Waals surface area contributed by atoms with Crippen molar-refractivity contribution in [3.8, 4) is 5.75 Å². The number of methoxy groups -OCH3 is 1. The summed E-state index contributed by atoms with van der Waals surface area (Å²) >= 11 is 0. The molecule has 0 saturated heterocycles. The largest absolute Gasteiger partial charge is 0.497 e. The molecule has 0 aliphatic rings. The summed E-state index contributed by atoms with van der Waals surface area (Å²) in [7, 11) is 1.64. The van der Waals surface area contributed by atoms with Crippen LogP contribution in [0.25, 0.3) is 10.9 Å². The number of carboxylic acid groups (broad SMARTS) is 1. The molecule has 3 aromatic rings. The highest BCUT2D eigenvalue weighted by Gasteiger charge is 2.21. The molecular weight excluding hydrogens is 574 g/mol. The number of nitrogens with zero attached hydrogens (tertiary/aromatic N) is 1. The summed E-state index contributed by atoms with van der Waals surface area (Å²) in [5.74, 6) is 0.436. The average Bonchev–Trinajstić information content (AvgIpc) is 3.00. The van der Waals surface area contributed by atoms with E-state index in [4.69, 9.17) is 19.6 Å². The topological polar surface area (TPSA) is 151 Å². The van der Waals surface area contributed by atoms with Crippen LogP contribution in [0.5, 0.6) is 5.75 Å². The molecule has 1 heterocycles. The molecule has 0 saturated carbocycles. The van der Waals surface area contributed by atoms with E-state index >= 15 is 0 Å². The van der Waals surface area contributed by atoms with Gasteiger partial charge in [-0.15, -0.1) is 0 Å². The van der Waals surface area contributed by atoms with Crippen LogP contribution in [0.3, 0.4) is 0 Å². The van der Waals surface area contributed by atoms with Gasteiger partial charge in [-0.05, 0) is 56.7 Å². The number of nitrogens with one attached hydrogen (secondary N) is 4. The van der Waals surface area contributed by atoms with Gasteiger partial charge in [0.2, 0.25) is 5.91 Å². The second kappa shape index (κ2) is 17.1. The number of hydrogen-bond acceptors (Lipinski definition) is 7. The first kappa shape index (κ1) is 34.9. The lowest BCUT2D eigenvalue weighted by Gasteiger charge is -2.21. The molecule has 2 unspecified atom stereocenters. The normalized spacial score (nSPS) is 12.6. The van der Waals surface area contributed by atoms with E-state index in [9.17, 15) is 14.4 Å². The minimum atomic E-state index is -1.10. The fraction of sp³-hybridized carbons (Fsp3) is 0.471. The number of carbonyl (C=O) groups is 3. The maximum absolute atomic E-state index is 13.1. The molecule has 3 amide bonds. The van der Waals surface area contributed by atoms with Crippen LogP contribution in [0.4, 0.5) is 15.3 Å². The third-order valence-electron chi connectivity index (χ3n) is 7.30. The number of amides is 3. The summed E-state index contributed by atoms with van der Waals surface area (Å²) in [6, 6.07) is 16.6. The molecule has 0 aliphatic heterocycles. The lowest BCUT2D eigenvalue weighted by atomic mass is 9.91. The molecule has 0 bridgehead atoms. The van der Waals surface area contributed by atoms with E-state index in [0.717, 1.165) is 40.0 Å². The quantitative estimate of drug-likeness (QED) is 0.123. The van der Waals surface area contributed by atoms with E-state index < -0.39 is 18.2 Å². The smallest absolute Gasteiger partial charge is 0.408 e. The molecule has 3 rings (SSSR count). The number of pyridine rings is 1. The van der Waals surface area contributed by atoms with Gasteiger partial charge in [0.15, 0.2) is 0 Å². The first-order chi connectivity index (χ1) is 21.5. The minimum absolute atomic E-state index is 0.0842. The highest BCUT2D eigenvalue weighted by Crippen LogP contribution is 2.31. The highest BCUT2D eigenvalue weighted by atomic mass is 16.5. The predicted molar refractivity (Wildman–Crippen MR) is 176 cm³/mol. The molecule has 11 heteroatoms. The van der Waals surface area contributed by atoms with Gasteiger partial charge < -0.3 is 35.8 Å². The number of rotatable bonds is 16. The van der Waals surface area contributed by atoms with E-state index in [1.807, 2.05) is 42.5 Å². The van der Waals surface area contributed by atoms with E-state index in [2.05, 4.69) is 61.1 Å². The van der Waals surface area contributed by atoms with Crippen LogP contribution >= 0.6 is 0 Å². The number of aromatic nitrogens is 1. The fourth-order valence-electron chi connectivity index (χ4n) is 4.78. The maximum Gasteiger partial charge on any atom is 0.408 e. The number of benzene rings is 2. The molecule has 244 valence electrons. The minimum Gasteiger partial charge on any atom is -0.497 e. The van der Waals surface area contributed by atoms with Gasteiger partial charge in [-0.1, -0.05) is 57.2 Å². The molecule has 11 nitrogen and oxygen atoms in total. The van der Waals surface area contributed by atoms with E-state index in [1.165, 1.54) is 0 Å². The molecule has 1 aromatic heterocycles. The van der Waals surface area contributed by atoms with E-state index in [1.54, 1.807) is 7.11 Å². The summed E-state index contributed by atoms with van der Waals surface area (Å²) in [5, 5.41) is 21.3. The Morgan fingerprint density at radius 1 is 0.933 bits per heavy atom. The summed E-state index contributed by atoms with van der Waals surface area (Å²) in [4.78, 5) is 41.2. The summed E-state index contributed by atoms with van der Waals surface area (Å²) in [5.41, 5.74) is 3.53. The lowest BCUT2D eigenvalue weighted by Crippen LogP contribution is -2.47. The van der Waals surface area contributed by atoms with Crippen LogP contribution in [0.1, 0.15) is 71.1 Å². The Labute approximate surface area is 265 Å². The summed E-state index contributed by atoms with van der Waals surface area (Å²) in [6.07, 6.45) is 1.11. The van der Waals surface area contributed by atoms with Crippen LogP contribution in [0.2, 0.25) is 0 Å². The van der Waals surface area contributed by atoms with Crippen molar-refractivity contribution in [2.24, 2.45) is 0 Å². The van der Waals surface area contributed by atoms with Crippen LogP contribution in [-0.4, -0.2) is 60.5 Å². The number of unbranched alkanes of at least 4 members (excludes halogenated alkanes) is 1. The second-order valence-electron chi connectivity index (χ2n) is 12.2. The number of carbonyl (C=O) groups excluding carboxylic acids is 2. The van der Waals surface area contributed by atoms with E-state index in [-0.39, 0.29) is 30.5 Å². The molecule has 0 aliphatic carbocycles. The molecule has 0 spiro atoms. The summed E-state index contributed by atoms with van der Waals surface area (Å²) < 4.78 is 10.8. The molecule has 2 atom stereocenters. The van der Waals surface area contributed by atoms with Gasteiger partial charge >= 0.3 is 12.2 Å². The van der Waals surface area contributed by atoms with Crippen LogP contribution in [0, 0.1) is 0 Å². The van der Waals surface area contributed by atoms with Gasteiger partial charge in [-0.3, -0.25) is 9.78 Å². The Hall–Kier alpha value is -4.54. The van der Waals surface area contributed by atoms with Crippen molar-refractivity contribution in [1.29, 1.82) is 0 Å². The Bertz CT molecular complexity index is 1410. The Kier molecular flexibility index (Phi) is 13.3. The number of alkyl carbamates (subject to hydrolysis) is 1. The zero-order chi connectivity index (χ0) is 32.8. The molecular formula is C34H47N5O6. The maximum atomic E-state index is 13.1. The van der Waals surface area contributed by atoms with Gasteiger partial charge in [0.05, 0.1) is 18.3 Å². The van der Waals surface area contributed by atoms with Gasteiger partial charge in [0.25, 0.3) is 0 Å². The first-order valence-corrected chi connectivity index (χ1v) is 15.4. The van der Waals surface area contributed by atoms with Crippen LogP contribution in [0.15, 0.2) is 54.6 Å². The van der Waals surface area contributed by atoms with Gasteiger partial charge in [-0.25, -0.2) is 9.59 Å². The molecule has 45 heavy (non-hydrogen) atoms. The zero-order valence-electron chi connectivity index (χ0n) is 26.9. The molecule has 2 aromatic carbocycles. The van der Waals surface area contributed by atoms with Crippen molar-refractivity contribution in [1.82, 2.24) is 20.9 Å². The Morgan fingerprint density at radius 3 is 2.36 bits per heavy atom. The highest BCUT2D eigenvalue weighted by molar-refractivity contribution is 5.92. The Balaban J connectivity index is 1.54. The van der Waals surface area contributed by atoms with Crippen LogP contribution in [-0.2, 0) is 21.6 Å². The van der Waals surface area contributed by atoms with Crippen molar-refractivity contribution in [2.75, 3.05) is 25.5 Å². The van der Waals surface area contributed by atoms with Gasteiger partial charge in [0, 0.05) is 41.7 Å². The zero-order valence-corrected chi connectivity index (χ0v) is 26.9.